The normalized spacial score (nSPS) is 17.2. The first-order valence-electron chi connectivity index (χ1n) is 6.27. The lowest BCUT2D eigenvalue weighted by Crippen LogP contribution is -2.14. The van der Waals surface area contributed by atoms with Crippen LogP contribution in [0.25, 0.3) is 0 Å². The Labute approximate surface area is 97.8 Å². The largest absolute Gasteiger partial charge is 0.494 e. The molecule has 0 aliphatic heterocycles. The van der Waals surface area contributed by atoms with Gasteiger partial charge in [0.15, 0.2) is 0 Å². The van der Waals surface area contributed by atoms with E-state index in [0.717, 1.165) is 12.2 Å². The molecule has 1 aromatic carbocycles. The summed E-state index contributed by atoms with van der Waals surface area (Å²) in [6.07, 6.45) is 3.59. The average Bonchev–Trinajstić information content (AvgIpc) is 3.13. The summed E-state index contributed by atoms with van der Waals surface area (Å²) in [5.74, 6) is 1.64. The molecule has 1 saturated carbocycles. The second kappa shape index (κ2) is 4.88. The van der Waals surface area contributed by atoms with E-state index in [1.807, 2.05) is 6.92 Å². The van der Waals surface area contributed by atoms with Crippen molar-refractivity contribution in [3.8, 4) is 5.75 Å². The first-order chi connectivity index (χ1) is 7.76. The fraction of sp³-hybridized carbons (Fsp3) is 0.571. The topological polar surface area (TPSA) is 35.2 Å². The van der Waals surface area contributed by atoms with E-state index in [0.29, 0.717) is 12.5 Å². The van der Waals surface area contributed by atoms with Crippen molar-refractivity contribution in [2.24, 2.45) is 11.7 Å². The maximum absolute atomic E-state index is 6.27. The molecule has 0 amide bonds. The molecular formula is C14H21NO. The maximum atomic E-state index is 6.27. The van der Waals surface area contributed by atoms with E-state index in [1.165, 1.54) is 24.0 Å². The molecule has 0 radical (unpaired) electrons. The molecule has 2 N–H and O–H groups in total. The van der Waals surface area contributed by atoms with Crippen LogP contribution in [-0.2, 0) is 6.42 Å². The van der Waals surface area contributed by atoms with Crippen LogP contribution in [0.4, 0.5) is 0 Å². The lowest BCUT2D eigenvalue weighted by molar-refractivity contribution is 0.332. The first kappa shape index (κ1) is 11.5. The molecule has 0 aromatic heterocycles. The summed E-state index contributed by atoms with van der Waals surface area (Å²) >= 11 is 0. The SMILES string of the molecule is CCOc1ccc(CC)cc1C(N)C1CC1. The smallest absolute Gasteiger partial charge is 0.124 e. The summed E-state index contributed by atoms with van der Waals surface area (Å²) in [7, 11) is 0. The number of aryl methyl sites for hydroxylation is 1. The Balaban J connectivity index is 2.28. The van der Waals surface area contributed by atoms with Crippen molar-refractivity contribution in [2.45, 2.75) is 39.2 Å². The zero-order valence-corrected chi connectivity index (χ0v) is 10.2. The molecule has 1 aromatic rings. The highest BCUT2D eigenvalue weighted by Gasteiger charge is 2.31. The average molecular weight is 219 g/mol. The standard InChI is InChI=1S/C14H21NO/c1-3-10-5-8-13(16-4-2)12(9-10)14(15)11-6-7-11/h5,8-9,11,14H,3-4,6-7,15H2,1-2H3. The van der Waals surface area contributed by atoms with Crippen LogP contribution in [0.1, 0.15) is 43.9 Å². The van der Waals surface area contributed by atoms with E-state index < -0.39 is 0 Å². The predicted molar refractivity (Wildman–Crippen MR) is 66.6 cm³/mol. The molecule has 2 heteroatoms. The van der Waals surface area contributed by atoms with Crippen LogP contribution in [0.2, 0.25) is 0 Å². The molecule has 16 heavy (non-hydrogen) atoms. The van der Waals surface area contributed by atoms with Crippen molar-refractivity contribution in [3.05, 3.63) is 29.3 Å². The molecule has 1 unspecified atom stereocenters. The van der Waals surface area contributed by atoms with Crippen LogP contribution in [-0.4, -0.2) is 6.61 Å². The molecule has 2 rings (SSSR count). The zero-order chi connectivity index (χ0) is 11.5. The van der Waals surface area contributed by atoms with E-state index in [4.69, 9.17) is 10.5 Å². The fourth-order valence-corrected chi connectivity index (χ4v) is 2.07. The molecule has 0 saturated heterocycles. The number of hydrogen-bond acceptors (Lipinski definition) is 2. The highest BCUT2D eigenvalue weighted by atomic mass is 16.5. The van der Waals surface area contributed by atoms with Gasteiger partial charge in [0.2, 0.25) is 0 Å². The van der Waals surface area contributed by atoms with Gasteiger partial charge in [0.05, 0.1) is 6.61 Å². The van der Waals surface area contributed by atoms with Gasteiger partial charge in [0.25, 0.3) is 0 Å². The minimum atomic E-state index is 0.160. The van der Waals surface area contributed by atoms with Crippen LogP contribution < -0.4 is 10.5 Å². The highest BCUT2D eigenvalue weighted by molar-refractivity contribution is 5.40. The molecule has 88 valence electrons. The van der Waals surface area contributed by atoms with Gasteiger partial charge in [-0.05, 0) is 43.7 Å². The summed E-state index contributed by atoms with van der Waals surface area (Å²) in [5, 5.41) is 0. The highest BCUT2D eigenvalue weighted by Crippen LogP contribution is 2.42. The summed E-state index contributed by atoms with van der Waals surface area (Å²) in [6.45, 7) is 4.89. The Morgan fingerprint density at radius 1 is 1.38 bits per heavy atom. The second-order valence-corrected chi connectivity index (χ2v) is 4.52. The van der Waals surface area contributed by atoms with Crippen molar-refractivity contribution in [3.63, 3.8) is 0 Å². The molecule has 0 spiro atoms. The van der Waals surface area contributed by atoms with Crippen LogP contribution in [0.15, 0.2) is 18.2 Å². The molecule has 0 bridgehead atoms. The predicted octanol–water partition coefficient (Wildman–Crippen LogP) is 3.06. The van der Waals surface area contributed by atoms with Gasteiger partial charge in [0.1, 0.15) is 5.75 Å². The maximum Gasteiger partial charge on any atom is 0.124 e. The molecule has 2 nitrogen and oxygen atoms in total. The summed E-state index contributed by atoms with van der Waals surface area (Å²) in [6, 6.07) is 6.58. The summed E-state index contributed by atoms with van der Waals surface area (Å²) < 4.78 is 5.66. The van der Waals surface area contributed by atoms with Gasteiger partial charge in [-0.15, -0.1) is 0 Å². The van der Waals surface area contributed by atoms with Gasteiger partial charge >= 0.3 is 0 Å². The summed E-state index contributed by atoms with van der Waals surface area (Å²) in [5.41, 5.74) is 8.82. The number of benzene rings is 1. The van der Waals surface area contributed by atoms with Gasteiger partial charge in [-0.25, -0.2) is 0 Å². The number of nitrogens with two attached hydrogens (primary N) is 1. The third-order valence-electron chi connectivity index (χ3n) is 3.27. The minimum absolute atomic E-state index is 0.160. The van der Waals surface area contributed by atoms with Gasteiger partial charge in [0, 0.05) is 11.6 Å². The molecule has 1 aliphatic carbocycles. The van der Waals surface area contributed by atoms with Crippen LogP contribution in [0.3, 0.4) is 0 Å². The third-order valence-corrected chi connectivity index (χ3v) is 3.27. The number of hydrogen-bond donors (Lipinski definition) is 1. The zero-order valence-electron chi connectivity index (χ0n) is 10.2. The van der Waals surface area contributed by atoms with Gasteiger partial charge in [-0.2, -0.15) is 0 Å². The van der Waals surface area contributed by atoms with E-state index >= 15 is 0 Å². The Morgan fingerprint density at radius 2 is 2.12 bits per heavy atom. The minimum Gasteiger partial charge on any atom is -0.494 e. The third kappa shape index (κ3) is 2.38. The Morgan fingerprint density at radius 3 is 2.69 bits per heavy atom. The number of ether oxygens (including phenoxy) is 1. The molecule has 1 fully saturated rings. The van der Waals surface area contributed by atoms with Crippen molar-refractivity contribution in [1.82, 2.24) is 0 Å². The first-order valence-corrected chi connectivity index (χ1v) is 6.27. The van der Waals surface area contributed by atoms with Crippen molar-refractivity contribution in [2.75, 3.05) is 6.61 Å². The Hall–Kier alpha value is -1.02. The van der Waals surface area contributed by atoms with E-state index in [9.17, 15) is 0 Å². The van der Waals surface area contributed by atoms with Crippen LogP contribution in [0, 0.1) is 5.92 Å². The lowest BCUT2D eigenvalue weighted by Gasteiger charge is -2.17. The molecule has 1 atom stereocenters. The van der Waals surface area contributed by atoms with Gasteiger partial charge < -0.3 is 10.5 Å². The van der Waals surface area contributed by atoms with Crippen molar-refractivity contribution in [1.29, 1.82) is 0 Å². The van der Waals surface area contributed by atoms with Crippen molar-refractivity contribution < 1.29 is 4.74 Å². The van der Waals surface area contributed by atoms with E-state index in [1.54, 1.807) is 0 Å². The van der Waals surface area contributed by atoms with Crippen LogP contribution >= 0.6 is 0 Å². The van der Waals surface area contributed by atoms with Crippen LogP contribution in [0.5, 0.6) is 5.75 Å². The fourth-order valence-electron chi connectivity index (χ4n) is 2.07. The van der Waals surface area contributed by atoms with Gasteiger partial charge in [-0.3, -0.25) is 0 Å². The Kier molecular flexibility index (Phi) is 3.49. The van der Waals surface area contributed by atoms with E-state index in [2.05, 4.69) is 25.1 Å². The molecule has 0 heterocycles. The van der Waals surface area contributed by atoms with Gasteiger partial charge in [-0.1, -0.05) is 19.1 Å². The van der Waals surface area contributed by atoms with Crippen molar-refractivity contribution >= 4 is 0 Å². The summed E-state index contributed by atoms with van der Waals surface area (Å²) in [4.78, 5) is 0. The number of rotatable bonds is 5. The lowest BCUT2D eigenvalue weighted by atomic mass is 9.99. The second-order valence-electron chi connectivity index (χ2n) is 4.52. The Bertz CT molecular complexity index is 358. The molecular weight excluding hydrogens is 198 g/mol. The molecule has 1 aliphatic rings. The quantitative estimate of drug-likeness (QED) is 0.826. The monoisotopic (exact) mass is 219 g/mol. The van der Waals surface area contributed by atoms with E-state index in [-0.39, 0.29) is 6.04 Å².